The topological polar surface area (TPSA) is 44.4 Å². The third kappa shape index (κ3) is 3.93. The standard InChI is InChI=1S/C22H31ClN4O/c1-4-5-6-20-24-19(22(23)25-20)14-27-12-16-11-26(2)21(18(16)13-27)15-7-9-17(28-3)10-8-15/h7-10,16,18,21H,4-6,11-14H2,1-3H3,(H,24,25)/t16-,18+,21-/m0/s1. The number of halogens is 1. The number of nitrogens with zero attached hydrogens (tertiary/aromatic N) is 3. The van der Waals surface area contributed by atoms with Gasteiger partial charge in [0.05, 0.1) is 12.8 Å². The van der Waals surface area contributed by atoms with Gasteiger partial charge in [-0.05, 0) is 43.0 Å². The second-order valence-corrected chi connectivity index (χ2v) is 8.69. The quantitative estimate of drug-likeness (QED) is 0.755. The molecular weight excluding hydrogens is 372 g/mol. The molecular formula is C22H31ClN4O. The van der Waals surface area contributed by atoms with Crippen LogP contribution in [0, 0.1) is 11.8 Å². The van der Waals surface area contributed by atoms with Crippen molar-refractivity contribution in [3.8, 4) is 5.75 Å². The lowest BCUT2D eigenvalue weighted by molar-refractivity contribution is 0.223. The zero-order chi connectivity index (χ0) is 19.7. The van der Waals surface area contributed by atoms with E-state index < -0.39 is 0 Å². The summed E-state index contributed by atoms with van der Waals surface area (Å²) in [5, 5.41) is 0.645. The predicted octanol–water partition coefficient (Wildman–Crippen LogP) is 4.15. The van der Waals surface area contributed by atoms with E-state index in [0.717, 1.165) is 56.3 Å². The minimum absolute atomic E-state index is 0.471. The highest BCUT2D eigenvalue weighted by Crippen LogP contribution is 2.44. The van der Waals surface area contributed by atoms with Gasteiger partial charge in [-0.2, -0.15) is 0 Å². The van der Waals surface area contributed by atoms with Crippen molar-refractivity contribution in [2.75, 3.05) is 33.8 Å². The Hall–Kier alpha value is -1.56. The largest absolute Gasteiger partial charge is 0.497 e. The minimum Gasteiger partial charge on any atom is -0.497 e. The third-order valence-electron chi connectivity index (χ3n) is 6.35. The van der Waals surface area contributed by atoms with Crippen LogP contribution in [0.1, 0.15) is 42.9 Å². The molecule has 5 nitrogen and oxygen atoms in total. The molecule has 1 N–H and O–H groups in total. The zero-order valence-electron chi connectivity index (χ0n) is 17.1. The van der Waals surface area contributed by atoms with Gasteiger partial charge >= 0.3 is 0 Å². The van der Waals surface area contributed by atoms with Gasteiger partial charge in [0.15, 0.2) is 5.15 Å². The van der Waals surface area contributed by atoms with E-state index >= 15 is 0 Å². The molecule has 2 saturated heterocycles. The van der Waals surface area contributed by atoms with Crippen LogP contribution >= 0.6 is 11.6 Å². The first kappa shape index (κ1) is 19.7. The fraction of sp³-hybridized carbons (Fsp3) is 0.591. The smallest absolute Gasteiger partial charge is 0.151 e. The van der Waals surface area contributed by atoms with Crippen LogP contribution in [0.5, 0.6) is 5.75 Å². The van der Waals surface area contributed by atoms with Gasteiger partial charge in [-0.1, -0.05) is 37.1 Å². The van der Waals surface area contributed by atoms with Crippen molar-refractivity contribution in [1.29, 1.82) is 0 Å². The van der Waals surface area contributed by atoms with Crippen molar-refractivity contribution in [2.45, 2.75) is 38.8 Å². The van der Waals surface area contributed by atoms with Crippen LogP contribution in [0.4, 0.5) is 0 Å². The number of unbranched alkanes of at least 4 members (excludes halogenated alkanes) is 1. The number of aryl methyl sites for hydroxylation is 1. The van der Waals surface area contributed by atoms with E-state index in [0.29, 0.717) is 23.0 Å². The van der Waals surface area contributed by atoms with Gasteiger partial charge in [0, 0.05) is 38.6 Å². The Morgan fingerprint density at radius 1 is 1.21 bits per heavy atom. The van der Waals surface area contributed by atoms with Crippen LogP contribution in [0.25, 0.3) is 0 Å². The normalized spacial score (nSPS) is 25.4. The van der Waals surface area contributed by atoms with Crippen molar-refractivity contribution in [3.63, 3.8) is 0 Å². The molecule has 152 valence electrons. The van der Waals surface area contributed by atoms with Crippen LogP contribution in [0.15, 0.2) is 24.3 Å². The number of rotatable bonds is 7. The molecule has 0 saturated carbocycles. The summed E-state index contributed by atoms with van der Waals surface area (Å²) in [4.78, 5) is 13.0. The number of nitrogens with one attached hydrogen (secondary N) is 1. The highest BCUT2D eigenvalue weighted by molar-refractivity contribution is 6.30. The van der Waals surface area contributed by atoms with E-state index in [4.69, 9.17) is 16.3 Å². The molecule has 2 aromatic rings. The van der Waals surface area contributed by atoms with Crippen LogP contribution in [-0.2, 0) is 13.0 Å². The maximum atomic E-state index is 6.41. The van der Waals surface area contributed by atoms with Crippen molar-refractivity contribution in [2.24, 2.45) is 11.8 Å². The maximum Gasteiger partial charge on any atom is 0.151 e. The van der Waals surface area contributed by atoms with Gasteiger partial charge in [0.2, 0.25) is 0 Å². The molecule has 2 aliphatic rings. The van der Waals surface area contributed by atoms with Gasteiger partial charge < -0.3 is 9.72 Å². The molecule has 0 radical (unpaired) electrons. The van der Waals surface area contributed by atoms with Gasteiger partial charge in [0.1, 0.15) is 11.6 Å². The number of aromatic amines is 1. The SMILES string of the molecule is CCCCc1nc(Cl)c(CN2C[C@@H]3CN(C)[C@@H](c4ccc(OC)cc4)[C@@H]3C2)[nH]1. The maximum absolute atomic E-state index is 6.41. The summed E-state index contributed by atoms with van der Waals surface area (Å²) in [5.74, 6) is 3.30. The highest BCUT2D eigenvalue weighted by Gasteiger charge is 2.46. The van der Waals surface area contributed by atoms with E-state index in [1.54, 1.807) is 7.11 Å². The van der Waals surface area contributed by atoms with Crippen molar-refractivity contribution in [3.05, 3.63) is 46.5 Å². The second kappa shape index (κ2) is 8.44. The fourth-order valence-corrected chi connectivity index (χ4v) is 5.22. The lowest BCUT2D eigenvalue weighted by Crippen LogP contribution is -2.29. The molecule has 3 heterocycles. The summed E-state index contributed by atoms with van der Waals surface area (Å²) in [6.45, 7) is 6.44. The summed E-state index contributed by atoms with van der Waals surface area (Å²) in [7, 11) is 3.97. The molecule has 0 amide bonds. The van der Waals surface area contributed by atoms with E-state index in [-0.39, 0.29) is 0 Å². The highest BCUT2D eigenvalue weighted by atomic mass is 35.5. The number of ether oxygens (including phenoxy) is 1. The number of hydrogen-bond donors (Lipinski definition) is 1. The number of imidazole rings is 1. The summed E-state index contributed by atoms with van der Waals surface area (Å²) >= 11 is 6.41. The molecule has 0 spiro atoms. The average molecular weight is 403 g/mol. The fourth-order valence-electron chi connectivity index (χ4n) is 5.01. The first-order valence-electron chi connectivity index (χ1n) is 10.4. The number of methoxy groups -OCH3 is 1. The summed E-state index contributed by atoms with van der Waals surface area (Å²) in [6.07, 6.45) is 3.29. The van der Waals surface area contributed by atoms with Crippen molar-refractivity contribution >= 4 is 11.6 Å². The molecule has 6 heteroatoms. The zero-order valence-corrected chi connectivity index (χ0v) is 17.9. The average Bonchev–Trinajstić information content (AvgIpc) is 3.32. The lowest BCUT2D eigenvalue weighted by atomic mass is 9.89. The molecule has 0 bridgehead atoms. The van der Waals surface area contributed by atoms with Gasteiger partial charge in [-0.15, -0.1) is 0 Å². The minimum atomic E-state index is 0.471. The molecule has 1 aromatic carbocycles. The molecule has 1 aromatic heterocycles. The molecule has 28 heavy (non-hydrogen) atoms. The molecule has 4 rings (SSSR count). The van der Waals surface area contributed by atoms with E-state index in [9.17, 15) is 0 Å². The van der Waals surface area contributed by atoms with Crippen molar-refractivity contribution in [1.82, 2.24) is 19.8 Å². The van der Waals surface area contributed by atoms with E-state index in [2.05, 4.69) is 58.0 Å². The number of hydrogen-bond acceptors (Lipinski definition) is 4. The Morgan fingerprint density at radius 2 is 2.00 bits per heavy atom. The first-order valence-corrected chi connectivity index (χ1v) is 10.8. The predicted molar refractivity (Wildman–Crippen MR) is 113 cm³/mol. The first-order chi connectivity index (χ1) is 13.6. The monoisotopic (exact) mass is 402 g/mol. The Balaban J connectivity index is 1.43. The lowest BCUT2D eigenvalue weighted by Gasteiger charge is -2.26. The van der Waals surface area contributed by atoms with Crippen LogP contribution < -0.4 is 4.74 Å². The third-order valence-corrected chi connectivity index (χ3v) is 6.67. The number of benzene rings is 1. The van der Waals surface area contributed by atoms with Gasteiger partial charge in [0.25, 0.3) is 0 Å². The van der Waals surface area contributed by atoms with Gasteiger partial charge in [-0.3, -0.25) is 9.80 Å². The summed E-state index contributed by atoms with van der Waals surface area (Å²) in [6, 6.07) is 9.06. The van der Waals surface area contributed by atoms with E-state index in [1.807, 2.05) is 0 Å². The summed E-state index contributed by atoms with van der Waals surface area (Å²) < 4.78 is 5.32. The van der Waals surface area contributed by atoms with Crippen molar-refractivity contribution < 1.29 is 4.74 Å². The number of fused-ring (bicyclic) bond motifs is 1. The number of likely N-dealkylation sites (tertiary alicyclic amines) is 2. The Bertz CT molecular complexity index is 790. The number of H-pyrrole nitrogens is 1. The van der Waals surface area contributed by atoms with Crippen LogP contribution in [0.2, 0.25) is 5.15 Å². The number of aromatic nitrogens is 2. The second-order valence-electron chi connectivity index (χ2n) is 8.33. The summed E-state index contributed by atoms with van der Waals surface area (Å²) in [5.41, 5.74) is 2.46. The van der Waals surface area contributed by atoms with E-state index in [1.165, 1.54) is 12.0 Å². The van der Waals surface area contributed by atoms with Crippen LogP contribution in [0.3, 0.4) is 0 Å². The van der Waals surface area contributed by atoms with Crippen LogP contribution in [-0.4, -0.2) is 53.6 Å². The molecule has 0 unspecified atom stereocenters. The molecule has 2 aliphatic heterocycles. The molecule has 3 atom stereocenters. The molecule has 0 aliphatic carbocycles. The van der Waals surface area contributed by atoms with Gasteiger partial charge in [-0.25, -0.2) is 4.98 Å². The molecule has 2 fully saturated rings. The Labute approximate surface area is 173 Å². The Kier molecular flexibility index (Phi) is 5.95. The Morgan fingerprint density at radius 3 is 2.71 bits per heavy atom.